The van der Waals surface area contributed by atoms with Crippen molar-refractivity contribution in [3.63, 3.8) is 0 Å². The minimum atomic E-state index is -0.0307. The van der Waals surface area contributed by atoms with E-state index in [1.54, 1.807) is 37.3 Å². The van der Waals surface area contributed by atoms with Crippen LogP contribution in [-0.4, -0.2) is 36.0 Å². The Morgan fingerprint density at radius 1 is 1.03 bits per heavy atom. The van der Waals surface area contributed by atoms with E-state index in [-0.39, 0.29) is 11.8 Å². The van der Waals surface area contributed by atoms with Crippen molar-refractivity contribution in [2.75, 3.05) is 5.32 Å². The van der Waals surface area contributed by atoms with E-state index in [4.69, 9.17) is 4.42 Å². The van der Waals surface area contributed by atoms with Gasteiger partial charge in [0.05, 0.1) is 35.8 Å². The summed E-state index contributed by atoms with van der Waals surface area (Å²) in [7, 11) is 0. The number of anilines is 1. The zero-order valence-corrected chi connectivity index (χ0v) is 19.7. The van der Waals surface area contributed by atoms with Crippen LogP contribution in [0.1, 0.15) is 20.3 Å². The molecule has 9 nitrogen and oxygen atoms in total. The fraction of sp³-hybridized carbons (Fsp3) is 0.148. The summed E-state index contributed by atoms with van der Waals surface area (Å²) in [5.74, 6) is 0.250. The Hall–Kier alpha value is -4.79. The Labute approximate surface area is 206 Å². The molecule has 0 aliphatic rings. The van der Waals surface area contributed by atoms with Crippen molar-refractivity contribution in [3.8, 4) is 33.6 Å². The number of fused-ring (bicyclic) bond motifs is 2. The van der Waals surface area contributed by atoms with Crippen molar-refractivity contribution in [2.45, 2.75) is 20.3 Å². The lowest BCUT2D eigenvalue weighted by Crippen LogP contribution is -2.13. The summed E-state index contributed by atoms with van der Waals surface area (Å²) in [6.45, 7) is 4.03. The lowest BCUT2D eigenvalue weighted by atomic mass is 10.1. The topological polar surface area (TPSA) is 125 Å². The Kier molecular flexibility index (Phi) is 5.29. The van der Waals surface area contributed by atoms with Crippen LogP contribution in [0.25, 0.3) is 55.7 Å². The van der Waals surface area contributed by atoms with Crippen LogP contribution in [0.2, 0.25) is 0 Å². The number of pyridine rings is 3. The molecule has 0 bridgehead atoms. The molecule has 0 fully saturated rings. The van der Waals surface area contributed by atoms with Gasteiger partial charge in [0.1, 0.15) is 5.65 Å². The SMILES string of the molecule is CC(C)CC(=O)Nc1cncc(-c2cnc3n[nH]c(-c4cc5c(-c6ccoc6)ccnc5[nH]4)c3c2)c1. The number of hydrogen-bond acceptors (Lipinski definition) is 6. The number of H-pyrrole nitrogens is 2. The van der Waals surface area contributed by atoms with Gasteiger partial charge in [-0.2, -0.15) is 5.10 Å². The zero-order chi connectivity index (χ0) is 24.6. The van der Waals surface area contributed by atoms with Gasteiger partial charge in [0.25, 0.3) is 0 Å². The molecule has 0 aromatic carbocycles. The minimum absolute atomic E-state index is 0.0307. The minimum Gasteiger partial charge on any atom is -0.472 e. The summed E-state index contributed by atoms with van der Waals surface area (Å²) >= 11 is 0. The number of amides is 1. The fourth-order valence-electron chi connectivity index (χ4n) is 4.34. The van der Waals surface area contributed by atoms with Gasteiger partial charge in [0.15, 0.2) is 5.65 Å². The summed E-state index contributed by atoms with van der Waals surface area (Å²) in [5.41, 5.74) is 7.41. The van der Waals surface area contributed by atoms with Crippen LogP contribution in [0.3, 0.4) is 0 Å². The van der Waals surface area contributed by atoms with Crippen LogP contribution in [0.4, 0.5) is 5.69 Å². The normalized spacial score (nSPS) is 11.5. The van der Waals surface area contributed by atoms with E-state index in [1.165, 1.54) is 0 Å². The Bertz CT molecular complexity index is 1700. The fourth-order valence-corrected chi connectivity index (χ4v) is 4.34. The maximum absolute atomic E-state index is 12.2. The predicted octanol–water partition coefficient (Wildman–Crippen LogP) is 5.81. The molecule has 178 valence electrons. The molecular weight excluding hydrogens is 454 g/mol. The van der Waals surface area contributed by atoms with Crippen molar-refractivity contribution >= 4 is 33.7 Å². The largest absolute Gasteiger partial charge is 0.472 e. The van der Waals surface area contributed by atoms with Gasteiger partial charge in [-0.15, -0.1) is 0 Å². The third kappa shape index (κ3) is 4.00. The molecule has 0 unspecified atom stereocenters. The van der Waals surface area contributed by atoms with Gasteiger partial charge in [-0.1, -0.05) is 13.8 Å². The van der Waals surface area contributed by atoms with Crippen molar-refractivity contribution in [1.29, 1.82) is 0 Å². The number of nitrogens with one attached hydrogen (secondary N) is 3. The molecule has 0 radical (unpaired) electrons. The maximum Gasteiger partial charge on any atom is 0.224 e. The van der Waals surface area contributed by atoms with E-state index in [0.717, 1.165) is 50.1 Å². The van der Waals surface area contributed by atoms with Gasteiger partial charge in [0, 0.05) is 52.5 Å². The predicted molar refractivity (Wildman–Crippen MR) is 138 cm³/mol. The standard InChI is InChI=1S/C27H23N7O2/c1-15(2)7-24(35)31-19-8-17(11-28-13-19)18-9-22-25(33-34-27(22)30-12-18)23-10-21-20(16-4-6-36-14-16)3-5-29-26(21)32-23/h3-6,8-15H,7H2,1-2H3,(H,29,32)(H,31,35)(H,30,33,34). The van der Waals surface area contributed by atoms with Gasteiger partial charge in [-0.25, -0.2) is 9.97 Å². The number of carbonyl (C=O) groups excluding carboxylic acids is 1. The van der Waals surface area contributed by atoms with E-state index < -0.39 is 0 Å². The zero-order valence-electron chi connectivity index (χ0n) is 19.7. The van der Waals surface area contributed by atoms with Crippen molar-refractivity contribution in [3.05, 3.63) is 67.6 Å². The van der Waals surface area contributed by atoms with E-state index in [9.17, 15) is 4.79 Å². The molecule has 1 amide bonds. The Morgan fingerprint density at radius 2 is 1.92 bits per heavy atom. The first-order valence-electron chi connectivity index (χ1n) is 11.7. The van der Waals surface area contributed by atoms with Gasteiger partial charge < -0.3 is 14.7 Å². The number of rotatable bonds is 6. The second-order valence-corrected chi connectivity index (χ2v) is 9.12. The number of hydrogen-bond donors (Lipinski definition) is 3. The molecule has 6 rings (SSSR count). The van der Waals surface area contributed by atoms with Crippen LogP contribution in [0.15, 0.2) is 72.1 Å². The number of nitrogens with zero attached hydrogens (tertiary/aromatic N) is 4. The number of aromatic nitrogens is 6. The molecule has 3 N–H and O–H groups in total. The lowest BCUT2D eigenvalue weighted by Gasteiger charge is -2.08. The summed E-state index contributed by atoms with van der Waals surface area (Å²) in [5, 5.41) is 12.3. The molecule has 9 heteroatoms. The first-order valence-corrected chi connectivity index (χ1v) is 11.7. The quantitative estimate of drug-likeness (QED) is 0.278. The number of aromatic amines is 2. The van der Waals surface area contributed by atoms with Crippen LogP contribution in [0, 0.1) is 5.92 Å². The number of carbonyl (C=O) groups is 1. The van der Waals surface area contributed by atoms with Gasteiger partial charge in [-0.05, 0) is 41.8 Å². The van der Waals surface area contributed by atoms with Crippen molar-refractivity contribution in [2.24, 2.45) is 5.92 Å². The molecule has 0 atom stereocenters. The highest BCUT2D eigenvalue weighted by molar-refractivity contribution is 5.99. The summed E-state index contributed by atoms with van der Waals surface area (Å²) in [6.07, 6.45) is 10.8. The molecular formula is C27H23N7O2. The molecule has 0 spiro atoms. The van der Waals surface area contributed by atoms with Crippen LogP contribution in [-0.2, 0) is 4.79 Å². The van der Waals surface area contributed by atoms with E-state index in [2.05, 4.69) is 41.5 Å². The first kappa shape index (κ1) is 21.7. The molecule has 6 heterocycles. The van der Waals surface area contributed by atoms with Crippen molar-refractivity contribution in [1.82, 2.24) is 30.1 Å². The molecule has 0 saturated heterocycles. The van der Waals surface area contributed by atoms with Gasteiger partial charge in [-0.3, -0.25) is 14.9 Å². The molecule has 6 aromatic rings. The average molecular weight is 478 g/mol. The molecule has 36 heavy (non-hydrogen) atoms. The van der Waals surface area contributed by atoms with Crippen LogP contribution >= 0.6 is 0 Å². The monoisotopic (exact) mass is 477 g/mol. The smallest absolute Gasteiger partial charge is 0.224 e. The van der Waals surface area contributed by atoms with Gasteiger partial charge in [0.2, 0.25) is 5.91 Å². The van der Waals surface area contributed by atoms with Crippen LogP contribution in [0.5, 0.6) is 0 Å². The third-order valence-electron chi connectivity index (χ3n) is 5.99. The summed E-state index contributed by atoms with van der Waals surface area (Å²) in [6, 6.07) is 9.87. The highest BCUT2D eigenvalue weighted by Crippen LogP contribution is 2.34. The highest BCUT2D eigenvalue weighted by atomic mass is 16.3. The molecule has 0 saturated carbocycles. The Balaban J connectivity index is 1.38. The molecule has 6 aromatic heterocycles. The lowest BCUT2D eigenvalue weighted by molar-refractivity contribution is -0.116. The second kappa shape index (κ2) is 8.77. The van der Waals surface area contributed by atoms with Gasteiger partial charge >= 0.3 is 0 Å². The molecule has 0 aliphatic heterocycles. The molecule has 0 aliphatic carbocycles. The van der Waals surface area contributed by atoms with Crippen molar-refractivity contribution < 1.29 is 9.21 Å². The summed E-state index contributed by atoms with van der Waals surface area (Å²) in [4.78, 5) is 29.0. The van der Waals surface area contributed by atoms with E-state index in [0.29, 0.717) is 17.8 Å². The average Bonchev–Trinajstić information content (AvgIpc) is 3.62. The van der Waals surface area contributed by atoms with E-state index in [1.807, 2.05) is 38.1 Å². The van der Waals surface area contributed by atoms with Crippen LogP contribution < -0.4 is 5.32 Å². The Morgan fingerprint density at radius 3 is 2.75 bits per heavy atom. The summed E-state index contributed by atoms with van der Waals surface area (Å²) < 4.78 is 5.27. The highest BCUT2D eigenvalue weighted by Gasteiger charge is 2.16. The first-order chi connectivity index (χ1) is 17.5. The second-order valence-electron chi connectivity index (χ2n) is 9.12. The third-order valence-corrected chi connectivity index (χ3v) is 5.99. The van der Waals surface area contributed by atoms with E-state index >= 15 is 0 Å². The maximum atomic E-state index is 12.2. The number of furan rings is 1.